The normalized spacial score (nSPS) is 27.8. The second-order valence-corrected chi connectivity index (χ2v) is 5.71. The second-order valence-electron chi connectivity index (χ2n) is 5.71. The van der Waals surface area contributed by atoms with E-state index in [0.717, 1.165) is 12.5 Å². The van der Waals surface area contributed by atoms with Gasteiger partial charge in [0.25, 0.3) is 0 Å². The Balaban J connectivity index is 1.88. The molecule has 0 spiro atoms. The fraction of sp³-hybridized carbons (Fsp3) is 0.600. The lowest BCUT2D eigenvalue weighted by atomic mass is 10.0. The van der Waals surface area contributed by atoms with Crippen LogP contribution in [-0.4, -0.2) is 19.1 Å². The Morgan fingerprint density at radius 1 is 1.29 bits per heavy atom. The van der Waals surface area contributed by atoms with Gasteiger partial charge in [0, 0.05) is 30.5 Å². The molecule has 0 radical (unpaired) electrons. The first-order chi connectivity index (χ1) is 8.24. The van der Waals surface area contributed by atoms with Gasteiger partial charge in [0.15, 0.2) is 0 Å². The smallest absolute Gasteiger partial charge is 0.0374 e. The van der Waals surface area contributed by atoms with E-state index >= 15 is 0 Å². The van der Waals surface area contributed by atoms with Crippen molar-refractivity contribution in [3.8, 4) is 0 Å². The van der Waals surface area contributed by atoms with Crippen molar-refractivity contribution in [1.82, 2.24) is 0 Å². The van der Waals surface area contributed by atoms with Crippen molar-refractivity contribution in [1.29, 1.82) is 0 Å². The van der Waals surface area contributed by atoms with Crippen LogP contribution in [0.15, 0.2) is 18.2 Å². The molecule has 2 aliphatic rings. The zero-order valence-electron chi connectivity index (χ0n) is 10.9. The lowest BCUT2D eigenvalue weighted by Crippen LogP contribution is -2.27. The molecule has 2 unspecified atom stereocenters. The van der Waals surface area contributed by atoms with Crippen LogP contribution < -0.4 is 10.2 Å². The number of benzene rings is 1. The molecule has 2 nitrogen and oxygen atoms in total. The van der Waals surface area contributed by atoms with Crippen LogP contribution in [0.2, 0.25) is 0 Å². The largest absolute Gasteiger partial charge is 0.385 e. The highest BCUT2D eigenvalue weighted by molar-refractivity contribution is 5.62. The molecule has 0 aromatic heterocycles. The van der Waals surface area contributed by atoms with Gasteiger partial charge in [-0.1, -0.05) is 6.92 Å². The molecular weight excluding hydrogens is 208 g/mol. The number of fused-ring (bicyclic) bond motifs is 1. The van der Waals surface area contributed by atoms with Gasteiger partial charge < -0.3 is 10.2 Å². The van der Waals surface area contributed by atoms with Gasteiger partial charge in [0.1, 0.15) is 0 Å². The van der Waals surface area contributed by atoms with Crippen LogP contribution in [0.3, 0.4) is 0 Å². The quantitative estimate of drug-likeness (QED) is 0.796. The van der Waals surface area contributed by atoms with Crippen molar-refractivity contribution in [3.05, 3.63) is 23.8 Å². The van der Waals surface area contributed by atoms with Crippen molar-refractivity contribution in [2.45, 2.75) is 39.2 Å². The van der Waals surface area contributed by atoms with E-state index in [0.29, 0.717) is 6.04 Å². The second kappa shape index (κ2) is 4.25. The zero-order valence-corrected chi connectivity index (χ0v) is 10.9. The molecule has 1 N–H and O–H groups in total. The van der Waals surface area contributed by atoms with Crippen LogP contribution in [0.5, 0.6) is 0 Å². The van der Waals surface area contributed by atoms with Crippen molar-refractivity contribution in [2.75, 3.05) is 23.3 Å². The molecule has 1 fully saturated rings. The first-order valence-electron chi connectivity index (χ1n) is 6.87. The van der Waals surface area contributed by atoms with Gasteiger partial charge in [-0.2, -0.15) is 0 Å². The van der Waals surface area contributed by atoms with Crippen LogP contribution in [-0.2, 0) is 6.42 Å². The SMILES string of the molecule is CC1CC(C)N(c2ccc3c(c2)CCCN3)C1. The minimum Gasteiger partial charge on any atom is -0.385 e. The highest BCUT2D eigenvalue weighted by atomic mass is 15.2. The minimum absolute atomic E-state index is 0.694. The van der Waals surface area contributed by atoms with Crippen molar-refractivity contribution >= 4 is 11.4 Å². The number of anilines is 2. The van der Waals surface area contributed by atoms with Crippen LogP contribution in [0.25, 0.3) is 0 Å². The summed E-state index contributed by atoms with van der Waals surface area (Å²) in [7, 11) is 0. The molecule has 17 heavy (non-hydrogen) atoms. The molecule has 0 aliphatic carbocycles. The molecular formula is C15H22N2. The fourth-order valence-electron chi connectivity index (χ4n) is 3.30. The first kappa shape index (κ1) is 10.9. The van der Waals surface area contributed by atoms with Gasteiger partial charge in [-0.25, -0.2) is 0 Å². The number of aryl methyl sites for hydroxylation is 1. The molecule has 3 rings (SSSR count). The van der Waals surface area contributed by atoms with Crippen LogP contribution in [0.1, 0.15) is 32.3 Å². The summed E-state index contributed by atoms with van der Waals surface area (Å²) in [4.78, 5) is 2.57. The van der Waals surface area contributed by atoms with Crippen molar-refractivity contribution in [2.24, 2.45) is 5.92 Å². The van der Waals surface area contributed by atoms with Crippen LogP contribution in [0.4, 0.5) is 11.4 Å². The molecule has 2 heteroatoms. The lowest BCUT2D eigenvalue weighted by molar-refractivity contribution is 0.625. The molecule has 2 aliphatic heterocycles. The van der Waals surface area contributed by atoms with Gasteiger partial charge in [0.2, 0.25) is 0 Å². The van der Waals surface area contributed by atoms with E-state index in [2.05, 4.69) is 42.3 Å². The third-order valence-corrected chi connectivity index (χ3v) is 4.14. The van der Waals surface area contributed by atoms with Gasteiger partial charge in [-0.05, 0) is 55.9 Å². The van der Waals surface area contributed by atoms with Gasteiger partial charge >= 0.3 is 0 Å². The average molecular weight is 230 g/mol. The Labute approximate surface area is 104 Å². The maximum atomic E-state index is 3.48. The highest BCUT2D eigenvalue weighted by Crippen LogP contribution is 2.32. The molecule has 92 valence electrons. The maximum absolute atomic E-state index is 3.48. The highest BCUT2D eigenvalue weighted by Gasteiger charge is 2.26. The van der Waals surface area contributed by atoms with Gasteiger partial charge in [-0.3, -0.25) is 0 Å². The number of hydrogen-bond acceptors (Lipinski definition) is 2. The van der Waals surface area contributed by atoms with E-state index < -0.39 is 0 Å². The Hall–Kier alpha value is -1.18. The van der Waals surface area contributed by atoms with Crippen molar-refractivity contribution < 1.29 is 0 Å². The fourth-order valence-corrected chi connectivity index (χ4v) is 3.30. The third kappa shape index (κ3) is 2.01. The Morgan fingerprint density at radius 2 is 2.18 bits per heavy atom. The number of nitrogens with zero attached hydrogens (tertiary/aromatic N) is 1. The predicted octanol–water partition coefficient (Wildman–Crippen LogP) is 3.28. The van der Waals surface area contributed by atoms with Crippen LogP contribution in [0, 0.1) is 5.92 Å². The van der Waals surface area contributed by atoms with Gasteiger partial charge in [0.05, 0.1) is 0 Å². The maximum Gasteiger partial charge on any atom is 0.0374 e. The molecule has 1 aromatic carbocycles. The first-order valence-corrected chi connectivity index (χ1v) is 6.87. The molecule has 2 heterocycles. The summed E-state index contributed by atoms with van der Waals surface area (Å²) >= 11 is 0. The molecule has 1 aromatic rings. The van der Waals surface area contributed by atoms with E-state index in [9.17, 15) is 0 Å². The summed E-state index contributed by atoms with van der Waals surface area (Å²) < 4.78 is 0. The Kier molecular flexibility index (Phi) is 2.73. The Bertz CT molecular complexity index is 413. The summed E-state index contributed by atoms with van der Waals surface area (Å²) in [5, 5.41) is 3.48. The standard InChI is InChI=1S/C15H22N2/c1-11-8-12(2)17(10-11)14-5-6-15-13(9-14)4-3-7-16-15/h5-6,9,11-12,16H,3-4,7-8,10H2,1-2H3. The monoisotopic (exact) mass is 230 g/mol. The van der Waals surface area contributed by atoms with E-state index in [-0.39, 0.29) is 0 Å². The summed E-state index contributed by atoms with van der Waals surface area (Å²) in [6.07, 6.45) is 3.83. The zero-order chi connectivity index (χ0) is 11.8. The number of nitrogens with one attached hydrogen (secondary N) is 1. The summed E-state index contributed by atoms with van der Waals surface area (Å²) in [5.41, 5.74) is 4.27. The number of hydrogen-bond donors (Lipinski definition) is 1. The minimum atomic E-state index is 0.694. The van der Waals surface area contributed by atoms with E-state index in [4.69, 9.17) is 0 Å². The molecule has 0 amide bonds. The van der Waals surface area contributed by atoms with E-state index in [1.165, 1.54) is 42.7 Å². The summed E-state index contributed by atoms with van der Waals surface area (Å²) in [6, 6.07) is 7.64. The number of rotatable bonds is 1. The third-order valence-electron chi connectivity index (χ3n) is 4.14. The average Bonchev–Trinajstić information content (AvgIpc) is 2.68. The predicted molar refractivity (Wildman–Crippen MR) is 73.8 cm³/mol. The summed E-state index contributed by atoms with van der Waals surface area (Å²) in [6.45, 7) is 7.05. The van der Waals surface area contributed by atoms with Gasteiger partial charge in [-0.15, -0.1) is 0 Å². The Morgan fingerprint density at radius 3 is 2.94 bits per heavy atom. The molecule has 0 bridgehead atoms. The van der Waals surface area contributed by atoms with E-state index in [1.54, 1.807) is 0 Å². The van der Waals surface area contributed by atoms with Crippen LogP contribution >= 0.6 is 0 Å². The molecule has 1 saturated heterocycles. The summed E-state index contributed by atoms with van der Waals surface area (Å²) in [5.74, 6) is 0.833. The topological polar surface area (TPSA) is 15.3 Å². The van der Waals surface area contributed by atoms with Crippen molar-refractivity contribution in [3.63, 3.8) is 0 Å². The molecule has 2 atom stereocenters. The lowest BCUT2D eigenvalue weighted by Gasteiger charge is -2.26. The van der Waals surface area contributed by atoms with E-state index in [1.807, 2.05) is 0 Å². The molecule has 0 saturated carbocycles.